The molecule has 2 aliphatic heterocycles. The minimum atomic E-state index is -0.0360. The summed E-state index contributed by atoms with van der Waals surface area (Å²) in [6, 6.07) is 50.5. The Morgan fingerprint density at radius 2 is 1.21 bits per heavy atom. The van der Waals surface area contributed by atoms with Gasteiger partial charge in [0.25, 0.3) is 0 Å². The first-order valence-corrected chi connectivity index (χ1v) is 22.9. The Balaban J connectivity index is 0.871. The highest BCUT2D eigenvalue weighted by molar-refractivity contribution is 5.95. The van der Waals surface area contributed by atoms with Crippen LogP contribution in [0.1, 0.15) is 110 Å². The zero-order chi connectivity index (χ0) is 41.1. The summed E-state index contributed by atoms with van der Waals surface area (Å²) in [7, 11) is 0. The van der Waals surface area contributed by atoms with Crippen LogP contribution < -0.4 is 9.80 Å². The average molecular weight is 793 g/mol. The molecule has 302 valence electrons. The topological polar surface area (TPSA) is 6.48 Å². The second-order valence-corrected chi connectivity index (χ2v) is 18.8. The molecule has 0 radical (unpaired) electrons. The van der Waals surface area contributed by atoms with Crippen molar-refractivity contribution >= 4 is 52.6 Å². The lowest BCUT2D eigenvalue weighted by Gasteiger charge is -2.44. The molecular formula is C59H56N2. The fourth-order valence-electron chi connectivity index (χ4n) is 11.6. The van der Waals surface area contributed by atoms with E-state index in [0.29, 0.717) is 5.92 Å². The van der Waals surface area contributed by atoms with Gasteiger partial charge in [-0.2, -0.15) is 0 Å². The summed E-state index contributed by atoms with van der Waals surface area (Å²) in [6.45, 7) is 8.31. The first-order chi connectivity index (χ1) is 29.9. The van der Waals surface area contributed by atoms with Gasteiger partial charge in [-0.25, -0.2) is 0 Å². The fraction of sp³-hybridized carbons (Fsp3) is 0.254. The van der Waals surface area contributed by atoms with E-state index in [1.807, 2.05) is 0 Å². The number of para-hydroxylation sites is 3. The van der Waals surface area contributed by atoms with Gasteiger partial charge >= 0.3 is 0 Å². The summed E-state index contributed by atoms with van der Waals surface area (Å²) >= 11 is 0. The third-order valence-electron chi connectivity index (χ3n) is 14.7. The van der Waals surface area contributed by atoms with Crippen molar-refractivity contribution in [2.75, 3.05) is 16.3 Å². The van der Waals surface area contributed by atoms with Crippen LogP contribution in [-0.4, -0.2) is 12.1 Å². The van der Waals surface area contributed by atoms with Crippen molar-refractivity contribution < 1.29 is 0 Å². The maximum absolute atomic E-state index is 2.70. The average Bonchev–Trinajstić information content (AvgIpc) is 3.74. The van der Waals surface area contributed by atoms with Crippen LogP contribution in [0.15, 0.2) is 151 Å². The van der Waals surface area contributed by atoms with Gasteiger partial charge in [-0.1, -0.05) is 172 Å². The predicted molar refractivity (Wildman–Crippen MR) is 261 cm³/mol. The molecule has 6 aromatic carbocycles. The number of rotatable bonds is 6. The summed E-state index contributed by atoms with van der Waals surface area (Å²) < 4.78 is 0. The molecule has 1 spiro atoms. The first kappa shape index (κ1) is 37.8. The fourth-order valence-corrected chi connectivity index (χ4v) is 11.6. The van der Waals surface area contributed by atoms with E-state index >= 15 is 0 Å². The Bertz CT molecular complexity index is 2740. The molecule has 0 saturated heterocycles. The standard InChI is InChI=1S/C59H56N2/c1-41(2)52-40-58(3,60-37-13-10-17-45-14-4-7-18-55(45)60)36-33-49(52)44-26-23-42(24-27-44)21-22-43-25-31-50-51-32-30-48(39-54(51)59(53(50)38-43)34-11-12-35-59)61-56-19-8-5-15-46(56)28-29-47-16-6-9-20-57(47)61/h4-9,14-16,18-33,36,38-39,41H,10-13,17,34-35,37,40H2,1-3H3. The molecule has 11 rings (SSSR count). The molecule has 2 heteroatoms. The lowest BCUT2D eigenvalue weighted by molar-refractivity contribution is 0.479. The molecule has 0 N–H and O–H groups in total. The van der Waals surface area contributed by atoms with Crippen molar-refractivity contribution in [1.29, 1.82) is 0 Å². The minimum absolute atomic E-state index is 0.0360. The van der Waals surface area contributed by atoms with Gasteiger partial charge in [-0.3, -0.25) is 0 Å². The first-order valence-electron chi connectivity index (χ1n) is 22.9. The molecule has 1 unspecified atom stereocenters. The Hall–Kier alpha value is -6.12. The summed E-state index contributed by atoms with van der Waals surface area (Å²) in [5.74, 6) is 0.474. The summed E-state index contributed by atoms with van der Waals surface area (Å²) in [5, 5.41) is 0. The molecule has 0 amide bonds. The van der Waals surface area contributed by atoms with Crippen LogP contribution in [0.5, 0.6) is 0 Å². The smallest absolute Gasteiger partial charge is 0.0597 e. The van der Waals surface area contributed by atoms with Crippen LogP contribution in [0, 0.1) is 5.92 Å². The van der Waals surface area contributed by atoms with Crippen molar-refractivity contribution in [3.05, 3.63) is 196 Å². The quantitative estimate of drug-likeness (QED) is 0.155. The second kappa shape index (κ2) is 15.1. The highest BCUT2D eigenvalue weighted by Gasteiger charge is 2.45. The summed E-state index contributed by atoms with van der Waals surface area (Å²) in [4.78, 5) is 5.18. The van der Waals surface area contributed by atoms with Gasteiger partial charge in [0, 0.05) is 23.3 Å². The minimum Gasteiger partial charge on any atom is -0.362 e. The van der Waals surface area contributed by atoms with Crippen LogP contribution in [0.2, 0.25) is 0 Å². The lowest BCUT2D eigenvalue weighted by atomic mass is 9.76. The SMILES string of the molecule is CC(C)C1=C(c2ccc(C=Cc3ccc4c(c3)C3(CCCC3)c3cc(N5c6ccccc6C=Cc6ccccc65)ccc3-4)cc2)C=CC(C)(N2CCCCc3ccccc32)C1. The molecule has 2 nitrogen and oxygen atoms in total. The van der Waals surface area contributed by atoms with E-state index < -0.39 is 0 Å². The van der Waals surface area contributed by atoms with Gasteiger partial charge in [-0.15, -0.1) is 0 Å². The zero-order valence-corrected chi connectivity index (χ0v) is 36.0. The number of hydrogen-bond donors (Lipinski definition) is 0. The largest absolute Gasteiger partial charge is 0.362 e. The summed E-state index contributed by atoms with van der Waals surface area (Å²) in [5.41, 5.74) is 21.7. The molecule has 5 aliphatic rings. The molecule has 1 fully saturated rings. The van der Waals surface area contributed by atoms with Crippen LogP contribution >= 0.6 is 0 Å². The van der Waals surface area contributed by atoms with E-state index in [2.05, 4.69) is 200 Å². The number of anilines is 4. The zero-order valence-electron chi connectivity index (χ0n) is 36.0. The van der Waals surface area contributed by atoms with Crippen molar-refractivity contribution in [3.8, 4) is 11.1 Å². The van der Waals surface area contributed by atoms with E-state index in [9.17, 15) is 0 Å². The predicted octanol–water partition coefficient (Wildman–Crippen LogP) is 15.6. The van der Waals surface area contributed by atoms with Crippen molar-refractivity contribution in [1.82, 2.24) is 0 Å². The van der Waals surface area contributed by atoms with E-state index in [-0.39, 0.29) is 11.0 Å². The van der Waals surface area contributed by atoms with Crippen LogP contribution in [-0.2, 0) is 11.8 Å². The maximum Gasteiger partial charge on any atom is 0.0597 e. The normalized spacial score (nSPS) is 19.8. The van der Waals surface area contributed by atoms with Gasteiger partial charge in [0.15, 0.2) is 0 Å². The molecule has 1 atom stereocenters. The highest BCUT2D eigenvalue weighted by Crippen LogP contribution is 2.58. The van der Waals surface area contributed by atoms with E-state index in [0.717, 1.165) is 13.0 Å². The van der Waals surface area contributed by atoms with Crippen LogP contribution in [0.4, 0.5) is 22.7 Å². The van der Waals surface area contributed by atoms with Gasteiger partial charge in [0.2, 0.25) is 0 Å². The second-order valence-electron chi connectivity index (χ2n) is 18.8. The van der Waals surface area contributed by atoms with E-state index in [1.165, 1.54) is 129 Å². The van der Waals surface area contributed by atoms with Gasteiger partial charge < -0.3 is 9.80 Å². The van der Waals surface area contributed by atoms with E-state index in [1.54, 1.807) is 5.57 Å². The third-order valence-corrected chi connectivity index (χ3v) is 14.7. The Kier molecular flexibility index (Phi) is 9.37. The summed E-state index contributed by atoms with van der Waals surface area (Å²) in [6.07, 6.45) is 23.8. The Morgan fingerprint density at radius 1 is 0.590 bits per heavy atom. The molecular weight excluding hydrogens is 737 g/mol. The number of allylic oxidation sites excluding steroid dienone is 2. The molecule has 61 heavy (non-hydrogen) atoms. The van der Waals surface area contributed by atoms with Crippen molar-refractivity contribution in [2.45, 2.75) is 83.1 Å². The van der Waals surface area contributed by atoms with E-state index in [4.69, 9.17) is 0 Å². The molecule has 0 aromatic heterocycles. The van der Waals surface area contributed by atoms with Gasteiger partial charge in [0.05, 0.1) is 16.9 Å². The van der Waals surface area contributed by atoms with Gasteiger partial charge in [-0.05, 0) is 143 Å². The molecule has 6 aromatic rings. The highest BCUT2D eigenvalue weighted by atomic mass is 15.2. The van der Waals surface area contributed by atoms with Crippen molar-refractivity contribution in [2.24, 2.45) is 5.92 Å². The van der Waals surface area contributed by atoms with Gasteiger partial charge in [0.1, 0.15) is 0 Å². The number of aryl methyl sites for hydroxylation is 1. The Morgan fingerprint density at radius 3 is 1.93 bits per heavy atom. The molecule has 3 aliphatic carbocycles. The number of benzene rings is 6. The molecule has 0 bridgehead atoms. The lowest BCUT2D eigenvalue weighted by Crippen LogP contribution is -2.47. The van der Waals surface area contributed by atoms with Crippen LogP contribution in [0.25, 0.3) is 41.0 Å². The van der Waals surface area contributed by atoms with Crippen LogP contribution in [0.3, 0.4) is 0 Å². The number of hydrogen-bond acceptors (Lipinski definition) is 2. The number of nitrogens with zero attached hydrogens (tertiary/aromatic N) is 2. The molecule has 1 saturated carbocycles. The monoisotopic (exact) mass is 792 g/mol. The van der Waals surface area contributed by atoms with Crippen molar-refractivity contribution in [3.63, 3.8) is 0 Å². The maximum atomic E-state index is 2.70. The third kappa shape index (κ3) is 6.46. The molecule has 2 heterocycles. The number of fused-ring (bicyclic) bond motifs is 8. The Labute approximate surface area is 363 Å².